The van der Waals surface area contributed by atoms with Crippen LogP contribution in [-0.2, 0) is 11.3 Å². The SMILES string of the molecule is COc1ccc(CN(C)C(C)C(=O)Nc2cccc(Cl)c2)cc1F. The topological polar surface area (TPSA) is 41.6 Å². The minimum atomic E-state index is -0.417. The molecule has 0 saturated heterocycles. The van der Waals surface area contributed by atoms with Crippen LogP contribution in [0.4, 0.5) is 10.1 Å². The number of nitrogens with zero attached hydrogens (tertiary/aromatic N) is 1. The van der Waals surface area contributed by atoms with Crippen LogP contribution in [0.25, 0.3) is 0 Å². The number of carbonyl (C=O) groups excluding carboxylic acids is 1. The van der Waals surface area contributed by atoms with E-state index in [1.165, 1.54) is 13.2 Å². The summed E-state index contributed by atoms with van der Waals surface area (Å²) in [4.78, 5) is 14.2. The van der Waals surface area contributed by atoms with Gasteiger partial charge in [0.2, 0.25) is 5.91 Å². The third kappa shape index (κ3) is 4.69. The van der Waals surface area contributed by atoms with Crippen LogP contribution in [0.3, 0.4) is 0 Å². The minimum Gasteiger partial charge on any atom is -0.494 e. The molecule has 0 aromatic heterocycles. The van der Waals surface area contributed by atoms with Crippen molar-refractivity contribution >= 4 is 23.2 Å². The number of hydrogen-bond donors (Lipinski definition) is 1. The van der Waals surface area contributed by atoms with Gasteiger partial charge in [0.15, 0.2) is 11.6 Å². The number of carbonyl (C=O) groups is 1. The van der Waals surface area contributed by atoms with Gasteiger partial charge in [0.1, 0.15) is 0 Å². The van der Waals surface area contributed by atoms with Gasteiger partial charge in [-0.15, -0.1) is 0 Å². The average molecular weight is 351 g/mol. The first-order chi connectivity index (χ1) is 11.4. The third-order valence-electron chi connectivity index (χ3n) is 3.78. The maximum atomic E-state index is 13.8. The molecule has 1 amide bonds. The van der Waals surface area contributed by atoms with Crippen LogP contribution < -0.4 is 10.1 Å². The molecule has 0 saturated carbocycles. The molecular formula is C18H20ClFN2O2. The molecule has 2 aromatic carbocycles. The Hall–Kier alpha value is -2.11. The number of anilines is 1. The van der Waals surface area contributed by atoms with E-state index in [4.69, 9.17) is 16.3 Å². The molecular weight excluding hydrogens is 331 g/mol. The number of hydrogen-bond acceptors (Lipinski definition) is 3. The summed E-state index contributed by atoms with van der Waals surface area (Å²) < 4.78 is 18.7. The summed E-state index contributed by atoms with van der Waals surface area (Å²) in [6.07, 6.45) is 0. The van der Waals surface area contributed by atoms with Gasteiger partial charge in [-0.25, -0.2) is 4.39 Å². The van der Waals surface area contributed by atoms with E-state index in [0.29, 0.717) is 17.3 Å². The maximum Gasteiger partial charge on any atom is 0.241 e. The lowest BCUT2D eigenvalue weighted by molar-refractivity contribution is -0.120. The van der Waals surface area contributed by atoms with Gasteiger partial charge >= 0.3 is 0 Å². The van der Waals surface area contributed by atoms with Crippen LogP contribution in [0, 0.1) is 5.82 Å². The molecule has 1 N–H and O–H groups in total. The molecule has 2 aromatic rings. The summed E-state index contributed by atoms with van der Waals surface area (Å²) in [6, 6.07) is 11.3. The van der Waals surface area contributed by atoms with E-state index in [1.54, 1.807) is 43.3 Å². The predicted octanol–water partition coefficient (Wildman–Crippen LogP) is 3.95. The molecule has 1 unspecified atom stereocenters. The predicted molar refractivity (Wildman–Crippen MR) is 94.0 cm³/mol. The van der Waals surface area contributed by atoms with Crippen molar-refractivity contribution in [3.63, 3.8) is 0 Å². The zero-order valence-electron chi connectivity index (χ0n) is 13.8. The fourth-order valence-electron chi connectivity index (χ4n) is 2.25. The van der Waals surface area contributed by atoms with Crippen LogP contribution in [-0.4, -0.2) is 31.0 Å². The first-order valence-corrected chi connectivity index (χ1v) is 7.87. The lowest BCUT2D eigenvalue weighted by atomic mass is 10.1. The average Bonchev–Trinajstić information content (AvgIpc) is 2.54. The molecule has 128 valence electrons. The summed E-state index contributed by atoms with van der Waals surface area (Å²) >= 11 is 5.91. The monoisotopic (exact) mass is 350 g/mol. The number of nitrogens with one attached hydrogen (secondary N) is 1. The molecule has 0 fully saturated rings. The Morgan fingerprint density at radius 2 is 2.08 bits per heavy atom. The Kier molecular flexibility index (Phi) is 6.17. The molecule has 4 nitrogen and oxygen atoms in total. The van der Waals surface area contributed by atoms with Gasteiger partial charge in [-0.3, -0.25) is 9.69 Å². The first kappa shape index (κ1) is 18.2. The quantitative estimate of drug-likeness (QED) is 0.857. The first-order valence-electron chi connectivity index (χ1n) is 7.50. The molecule has 0 bridgehead atoms. The highest BCUT2D eigenvalue weighted by Crippen LogP contribution is 2.19. The summed E-state index contributed by atoms with van der Waals surface area (Å²) in [6.45, 7) is 2.23. The molecule has 0 aliphatic rings. The normalized spacial score (nSPS) is 12.1. The standard InChI is InChI=1S/C18H20ClFN2O2/c1-12(18(23)21-15-6-4-5-14(19)10-15)22(2)11-13-7-8-17(24-3)16(20)9-13/h4-10,12H,11H2,1-3H3,(H,21,23). The summed E-state index contributed by atoms with van der Waals surface area (Å²) in [5.74, 6) is -0.374. The minimum absolute atomic E-state index is 0.159. The van der Waals surface area contributed by atoms with Gasteiger partial charge < -0.3 is 10.1 Å². The number of benzene rings is 2. The number of rotatable bonds is 6. The summed E-state index contributed by atoms with van der Waals surface area (Å²) in [7, 11) is 3.23. The number of methoxy groups -OCH3 is 1. The Morgan fingerprint density at radius 3 is 2.71 bits per heavy atom. The molecule has 0 aliphatic carbocycles. The second kappa shape index (κ2) is 8.13. The molecule has 0 radical (unpaired) electrons. The number of ether oxygens (including phenoxy) is 1. The van der Waals surface area contributed by atoms with Gasteiger partial charge in [-0.05, 0) is 49.9 Å². The van der Waals surface area contributed by atoms with E-state index in [-0.39, 0.29) is 11.7 Å². The van der Waals surface area contributed by atoms with Crippen molar-refractivity contribution in [1.82, 2.24) is 4.90 Å². The van der Waals surface area contributed by atoms with E-state index in [0.717, 1.165) is 5.56 Å². The molecule has 0 heterocycles. The Bertz CT molecular complexity index is 724. The zero-order chi connectivity index (χ0) is 17.7. The Labute approximate surface area is 146 Å². The van der Waals surface area contributed by atoms with E-state index < -0.39 is 11.9 Å². The molecule has 6 heteroatoms. The van der Waals surface area contributed by atoms with Crippen molar-refractivity contribution in [2.75, 3.05) is 19.5 Å². The highest BCUT2D eigenvalue weighted by molar-refractivity contribution is 6.30. The number of amides is 1. The van der Waals surface area contributed by atoms with Crippen LogP contribution in [0.15, 0.2) is 42.5 Å². The van der Waals surface area contributed by atoms with Crippen LogP contribution >= 0.6 is 11.6 Å². The van der Waals surface area contributed by atoms with Crippen molar-refractivity contribution in [3.05, 3.63) is 58.9 Å². The molecule has 1 atom stereocenters. The van der Waals surface area contributed by atoms with Crippen LogP contribution in [0.2, 0.25) is 5.02 Å². The van der Waals surface area contributed by atoms with Gasteiger partial charge in [-0.2, -0.15) is 0 Å². The Balaban J connectivity index is 1.99. The van der Waals surface area contributed by atoms with Crippen molar-refractivity contribution in [2.24, 2.45) is 0 Å². The highest BCUT2D eigenvalue weighted by atomic mass is 35.5. The van der Waals surface area contributed by atoms with Crippen LogP contribution in [0.5, 0.6) is 5.75 Å². The van der Waals surface area contributed by atoms with Gasteiger partial charge in [0, 0.05) is 17.3 Å². The number of halogens is 2. The molecule has 0 aliphatic heterocycles. The third-order valence-corrected chi connectivity index (χ3v) is 4.02. The molecule has 24 heavy (non-hydrogen) atoms. The second-order valence-electron chi connectivity index (χ2n) is 5.56. The molecule has 2 rings (SSSR count). The highest BCUT2D eigenvalue weighted by Gasteiger charge is 2.19. The Morgan fingerprint density at radius 1 is 1.33 bits per heavy atom. The fourth-order valence-corrected chi connectivity index (χ4v) is 2.44. The van der Waals surface area contributed by atoms with Crippen molar-refractivity contribution in [1.29, 1.82) is 0 Å². The molecule has 0 spiro atoms. The zero-order valence-corrected chi connectivity index (χ0v) is 14.6. The van der Waals surface area contributed by atoms with E-state index in [2.05, 4.69) is 5.32 Å². The fraction of sp³-hybridized carbons (Fsp3) is 0.278. The van der Waals surface area contributed by atoms with E-state index >= 15 is 0 Å². The number of likely N-dealkylation sites (N-methyl/N-ethyl adjacent to an activating group) is 1. The lowest BCUT2D eigenvalue weighted by Gasteiger charge is -2.24. The van der Waals surface area contributed by atoms with Gasteiger partial charge in [0.25, 0.3) is 0 Å². The van der Waals surface area contributed by atoms with Crippen molar-refractivity contribution < 1.29 is 13.9 Å². The van der Waals surface area contributed by atoms with Crippen molar-refractivity contribution in [3.8, 4) is 5.75 Å². The van der Waals surface area contributed by atoms with Crippen LogP contribution in [0.1, 0.15) is 12.5 Å². The van der Waals surface area contributed by atoms with E-state index in [1.807, 2.05) is 11.9 Å². The van der Waals surface area contributed by atoms with Gasteiger partial charge in [0.05, 0.1) is 13.2 Å². The second-order valence-corrected chi connectivity index (χ2v) is 6.00. The van der Waals surface area contributed by atoms with Gasteiger partial charge in [-0.1, -0.05) is 23.7 Å². The van der Waals surface area contributed by atoms with Crippen molar-refractivity contribution in [2.45, 2.75) is 19.5 Å². The largest absolute Gasteiger partial charge is 0.494 e. The smallest absolute Gasteiger partial charge is 0.241 e. The maximum absolute atomic E-state index is 13.8. The summed E-state index contributed by atoms with van der Waals surface area (Å²) in [5.41, 5.74) is 1.40. The lowest BCUT2D eigenvalue weighted by Crippen LogP contribution is -2.39. The summed E-state index contributed by atoms with van der Waals surface area (Å²) in [5, 5.41) is 3.38. The van der Waals surface area contributed by atoms with E-state index in [9.17, 15) is 9.18 Å².